The fourth-order valence-electron chi connectivity index (χ4n) is 1.90. The number of nitrogens with two attached hydrogens (primary N) is 1. The summed E-state index contributed by atoms with van der Waals surface area (Å²) in [6.45, 7) is 2.95. The third-order valence-corrected chi connectivity index (χ3v) is 3.44. The van der Waals surface area contributed by atoms with E-state index in [1.165, 1.54) is 5.56 Å². The Bertz CT molecular complexity index is 354. The first-order valence-corrected chi connectivity index (χ1v) is 5.82. The highest BCUT2D eigenvalue weighted by Crippen LogP contribution is 2.23. The van der Waals surface area contributed by atoms with E-state index < -0.39 is 0 Å². The second-order valence-electron chi connectivity index (χ2n) is 4.03. The fourth-order valence-corrected chi connectivity index (χ4v) is 2.22. The molecule has 1 heterocycles. The molecule has 1 unspecified atom stereocenters. The Labute approximate surface area is 100.0 Å². The van der Waals surface area contributed by atoms with Gasteiger partial charge in [-0.1, -0.05) is 29.3 Å². The van der Waals surface area contributed by atoms with Crippen LogP contribution >= 0.6 is 23.2 Å². The van der Waals surface area contributed by atoms with Gasteiger partial charge in [0.1, 0.15) is 0 Å². The molecule has 4 heteroatoms. The van der Waals surface area contributed by atoms with Gasteiger partial charge in [-0.25, -0.2) is 0 Å². The van der Waals surface area contributed by atoms with Crippen molar-refractivity contribution in [1.29, 1.82) is 0 Å². The highest BCUT2D eigenvalue weighted by Gasteiger charge is 2.18. The molecule has 0 spiro atoms. The van der Waals surface area contributed by atoms with Crippen LogP contribution in [0.3, 0.4) is 0 Å². The van der Waals surface area contributed by atoms with Gasteiger partial charge in [0.05, 0.1) is 10.0 Å². The Morgan fingerprint density at radius 3 is 2.73 bits per heavy atom. The summed E-state index contributed by atoms with van der Waals surface area (Å²) in [5, 5.41) is 1.23. The van der Waals surface area contributed by atoms with Gasteiger partial charge in [0.15, 0.2) is 0 Å². The highest BCUT2D eigenvalue weighted by molar-refractivity contribution is 6.42. The quantitative estimate of drug-likeness (QED) is 0.867. The van der Waals surface area contributed by atoms with Crippen LogP contribution in [0.15, 0.2) is 18.2 Å². The van der Waals surface area contributed by atoms with Gasteiger partial charge < -0.3 is 5.73 Å². The Morgan fingerprint density at radius 2 is 2.13 bits per heavy atom. The van der Waals surface area contributed by atoms with Gasteiger partial charge in [0.2, 0.25) is 0 Å². The molecule has 1 aliphatic heterocycles. The average Bonchev–Trinajstić information content (AvgIpc) is 2.58. The van der Waals surface area contributed by atoms with Crippen molar-refractivity contribution >= 4 is 23.2 Å². The van der Waals surface area contributed by atoms with Crippen LogP contribution in [0.25, 0.3) is 0 Å². The summed E-state index contributed by atoms with van der Waals surface area (Å²) in [5.74, 6) is 0. The van der Waals surface area contributed by atoms with Crippen LogP contribution in [0.4, 0.5) is 0 Å². The average molecular weight is 245 g/mol. The van der Waals surface area contributed by atoms with E-state index in [0.29, 0.717) is 16.1 Å². The Kier molecular flexibility index (Phi) is 3.52. The van der Waals surface area contributed by atoms with Gasteiger partial charge in [0.25, 0.3) is 0 Å². The maximum Gasteiger partial charge on any atom is 0.0595 e. The lowest BCUT2D eigenvalue weighted by Crippen LogP contribution is -2.26. The lowest BCUT2D eigenvalue weighted by Gasteiger charge is -2.15. The lowest BCUT2D eigenvalue weighted by atomic mass is 10.2. The minimum absolute atomic E-state index is 0.327. The van der Waals surface area contributed by atoms with E-state index in [4.69, 9.17) is 28.9 Å². The van der Waals surface area contributed by atoms with E-state index in [1.54, 1.807) is 0 Å². The molecule has 1 aliphatic rings. The number of nitrogens with zero attached hydrogens (tertiary/aromatic N) is 1. The molecule has 0 bridgehead atoms. The van der Waals surface area contributed by atoms with Gasteiger partial charge in [-0.2, -0.15) is 0 Å². The van der Waals surface area contributed by atoms with Crippen molar-refractivity contribution in [2.45, 2.75) is 19.0 Å². The van der Waals surface area contributed by atoms with Gasteiger partial charge in [0, 0.05) is 25.7 Å². The third-order valence-electron chi connectivity index (χ3n) is 2.70. The third kappa shape index (κ3) is 2.85. The molecular weight excluding hydrogens is 231 g/mol. The molecule has 0 aliphatic carbocycles. The van der Waals surface area contributed by atoms with E-state index in [1.807, 2.05) is 18.2 Å². The number of hydrogen-bond acceptors (Lipinski definition) is 2. The minimum atomic E-state index is 0.327. The Morgan fingerprint density at radius 1 is 1.33 bits per heavy atom. The first kappa shape index (κ1) is 11.2. The summed E-state index contributed by atoms with van der Waals surface area (Å²) in [5.41, 5.74) is 7.04. The second kappa shape index (κ2) is 4.71. The first-order chi connectivity index (χ1) is 7.15. The first-order valence-electron chi connectivity index (χ1n) is 5.07. The molecule has 0 amide bonds. The second-order valence-corrected chi connectivity index (χ2v) is 4.85. The molecule has 1 fully saturated rings. The normalized spacial score (nSPS) is 22.2. The Hall–Kier alpha value is -0.280. The van der Waals surface area contributed by atoms with Crippen LogP contribution in [0.5, 0.6) is 0 Å². The van der Waals surface area contributed by atoms with E-state index in [2.05, 4.69) is 4.90 Å². The van der Waals surface area contributed by atoms with Crippen molar-refractivity contribution in [3.63, 3.8) is 0 Å². The zero-order chi connectivity index (χ0) is 10.8. The lowest BCUT2D eigenvalue weighted by molar-refractivity contribution is 0.327. The van der Waals surface area contributed by atoms with Gasteiger partial charge in [-0.3, -0.25) is 4.90 Å². The molecule has 0 aromatic heterocycles. The topological polar surface area (TPSA) is 29.3 Å². The van der Waals surface area contributed by atoms with E-state index >= 15 is 0 Å². The molecule has 82 valence electrons. The zero-order valence-electron chi connectivity index (χ0n) is 8.42. The maximum absolute atomic E-state index is 5.95. The highest BCUT2D eigenvalue weighted by atomic mass is 35.5. The summed E-state index contributed by atoms with van der Waals surface area (Å²) in [6.07, 6.45) is 1.08. The number of hydrogen-bond donors (Lipinski definition) is 1. The molecule has 1 saturated heterocycles. The molecule has 0 saturated carbocycles. The molecule has 2 N–H and O–H groups in total. The predicted octanol–water partition coefficient (Wildman–Crippen LogP) is 2.53. The van der Waals surface area contributed by atoms with Crippen LogP contribution in [-0.2, 0) is 6.54 Å². The van der Waals surface area contributed by atoms with Crippen LogP contribution in [0.2, 0.25) is 10.0 Å². The van der Waals surface area contributed by atoms with Crippen molar-refractivity contribution in [3.8, 4) is 0 Å². The van der Waals surface area contributed by atoms with Gasteiger partial charge in [-0.15, -0.1) is 0 Å². The van der Waals surface area contributed by atoms with Crippen molar-refractivity contribution < 1.29 is 0 Å². The standard InChI is InChI=1S/C11H14Cl2N2/c12-10-2-1-8(5-11(10)13)6-15-4-3-9(14)7-15/h1-2,5,9H,3-4,6-7,14H2. The van der Waals surface area contributed by atoms with Crippen LogP contribution in [-0.4, -0.2) is 24.0 Å². The molecule has 2 nitrogen and oxygen atoms in total. The summed E-state index contributed by atoms with van der Waals surface area (Å²) in [6, 6.07) is 6.11. The maximum atomic E-state index is 5.95. The molecule has 0 radical (unpaired) electrons. The van der Waals surface area contributed by atoms with Crippen molar-refractivity contribution in [3.05, 3.63) is 33.8 Å². The van der Waals surface area contributed by atoms with E-state index in [0.717, 1.165) is 26.1 Å². The fraction of sp³-hybridized carbons (Fsp3) is 0.455. The monoisotopic (exact) mass is 244 g/mol. The molecule has 2 rings (SSSR count). The van der Waals surface area contributed by atoms with E-state index in [9.17, 15) is 0 Å². The molecule has 1 aromatic rings. The summed E-state index contributed by atoms with van der Waals surface area (Å²) >= 11 is 11.8. The number of halogens is 2. The van der Waals surface area contributed by atoms with Crippen molar-refractivity contribution in [1.82, 2.24) is 4.90 Å². The summed E-state index contributed by atoms with van der Waals surface area (Å²) in [7, 11) is 0. The predicted molar refractivity (Wildman–Crippen MR) is 64.3 cm³/mol. The van der Waals surface area contributed by atoms with Crippen LogP contribution in [0, 0.1) is 0 Å². The van der Waals surface area contributed by atoms with Gasteiger partial charge in [-0.05, 0) is 24.1 Å². The largest absolute Gasteiger partial charge is 0.326 e. The number of rotatable bonds is 2. The molecule has 15 heavy (non-hydrogen) atoms. The minimum Gasteiger partial charge on any atom is -0.326 e. The summed E-state index contributed by atoms with van der Waals surface area (Å²) in [4.78, 5) is 2.34. The molecule has 1 atom stereocenters. The summed E-state index contributed by atoms with van der Waals surface area (Å²) < 4.78 is 0. The number of benzene rings is 1. The zero-order valence-corrected chi connectivity index (χ0v) is 9.93. The van der Waals surface area contributed by atoms with E-state index in [-0.39, 0.29) is 0 Å². The number of likely N-dealkylation sites (tertiary alicyclic amines) is 1. The van der Waals surface area contributed by atoms with Crippen molar-refractivity contribution in [2.24, 2.45) is 5.73 Å². The smallest absolute Gasteiger partial charge is 0.0595 e. The van der Waals surface area contributed by atoms with Crippen LogP contribution in [0.1, 0.15) is 12.0 Å². The van der Waals surface area contributed by atoms with Crippen LogP contribution < -0.4 is 5.73 Å². The molecular formula is C11H14Cl2N2. The molecule has 1 aromatic carbocycles. The van der Waals surface area contributed by atoms with Gasteiger partial charge >= 0.3 is 0 Å². The van der Waals surface area contributed by atoms with Crippen molar-refractivity contribution in [2.75, 3.05) is 13.1 Å². The SMILES string of the molecule is NC1CCN(Cc2ccc(Cl)c(Cl)c2)C1. The Balaban J connectivity index is 2.02.